The van der Waals surface area contributed by atoms with Crippen LogP contribution in [0.5, 0.6) is 0 Å². The van der Waals surface area contributed by atoms with Gasteiger partial charge in [-0.3, -0.25) is 0 Å². The molecule has 0 fully saturated rings. The minimum atomic E-state index is -0.608. The smallest absolute Gasteiger partial charge is 0.227 e. The van der Waals surface area contributed by atoms with Gasteiger partial charge in [0.1, 0.15) is 5.52 Å². The molecule has 9 aromatic rings. The molecule has 0 atom stereocenters. The quantitative estimate of drug-likeness (QED) is 0.177. The number of hydrogen-bond donors (Lipinski definition) is 0. The zero-order chi connectivity index (χ0) is 34.5. The maximum absolute atomic E-state index is 6.45. The van der Waals surface area contributed by atoms with Gasteiger partial charge >= 0.3 is 0 Å². The number of rotatable bonds is 6. The maximum Gasteiger partial charge on any atom is 0.227 e. The molecule has 10 rings (SSSR count). The number of benzene rings is 7. The van der Waals surface area contributed by atoms with E-state index < -0.39 is 5.41 Å². The molecular weight excluding hydrogens is 637 g/mol. The maximum atomic E-state index is 6.45. The van der Waals surface area contributed by atoms with Crippen molar-refractivity contribution in [3.05, 3.63) is 204 Å². The van der Waals surface area contributed by atoms with Gasteiger partial charge < -0.3 is 4.42 Å². The summed E-state index contributed by atoms with van der Waals surface area (Å²) in [5.41, 5.74) is 11.9. The molecule has 0 N–H and O–H groups in total. The van der Waals surface area contributed by atoms with E-state index in [0.717, 1.165) is 44.5 Å². The van der Waals surface area contributed by atoms with Crippen molar-refractivity contribution in [3.63, 3.8) is 0 Å². The summed E-state index contributed by atoms with van der Waals surface area (Å²) in [4.78, 5) is 19.7. The third kappa shape index (κ3) is 4.78. The van der Waals surface area contributed by atoms with Crippen LogP contribution in [-0.4, -0.2) is 19.9 Å². The van der Waals surface area contributed by atoms with Crippen LogP contribution in [0.25, 0.3) is 67.8 Å². The Morgan fingerprint density at radius 2 is 0.808 bits per heavy atom. The van der Waals surface area contributed by atoms with Gasteiger partial charge in [-0.05, 0) is 57.6 Å². The molecule has 52 heavy (non-hydrogen) atoms. The lowest BCUT2D eigenvalue weighted by Gasteiger charge is -2.33. The molecule has 0 saturated carbocycles. The Kier molecular flexibility index (Phi) is 6.96. The molecule has 1 aliphatic rings. The van der Waals surface area contributed by atoms with Gasteiger partial charge in [-0.2, -0.15) is 0 Å². The van der Waals surface area contributed by atoms with Gasteiger partial charge in [-0.1, -0.05) is 158 Å². The highest BCUT2D eigenvalue weighted by Crippen LogP contribution is 2.56. The third-order valence-electron chi connectivity index (χ3n) is 10.1. The molecule has 5 nitrogen and oxygen atoms in total. The summed E-state index contributed by atoms with van der Waals surface area (Å²) in [7, 11) is 0. The van der Waals surface area contributed by atoms with Crippen LogP contribution in [0.15, 0.2) is 186 Å². The van der Waals surface area contributed by atoms with Crippen molar-refractivity contribution in [2.75, 3.05) is 0 Å². The van der Waals surface area contributed by atoms with Crippen LogP contribution in [0, 0.1) is 0 Å². The summed E-state index contributed by atoms with van der Waals surface area (Å²) in [5.74, 6) is 2.51. The van der Waals surface area contributed by atoms with Crippen LogP contribution in [0.4, 0.5) is 0 Å². The second kappa shape index (κ2) is 12.1. The third-order valence-corrected chi connectivity index (χ3v) is 10.1. The zero-order valence-corrected chi connectivity index (χ0v) is 28.0. The Bertz CT molecular complexity index is 2620. The molecule has 0 unspecified atom stereocenters. The lowest BCUT2D eigenvalue weighted by molar-refractivity contribution is 0.618. The van der Waals surface area contributed by atoms with Crippen molar-refractivity contribution in [2.45, 2.75) is 5.41 Å². The van der Waals surface area contributed by atoms with Crippen LogP contribution in [0.3, 0.4) is 0 Å². The first-order valence-electron chi connectivity index (χ1n) is 17.4. The minimum absolute atomic E-state index is 0.608. The highest BCUT2D eigenvalue weighted by molar-refractivity contribution is 5.88. The summed E-state index contributed by atoms with van der Waals surface area (Å²) in [6.45, 7) is 0. The number of nitrogens with zero attached hydrogens (tertiary/aromatic N) is 4. The first-order valence-corrected chi connectivity index (χ1v) is 17.4. The molecule has 2 aromatic heterocycles. The minimum Gasteiger partial charge on any atom is -0.436 e. The van der Waals surface area contributed by atoms with Crippen molar-refractivity contribution < 1.29 is 4.42 Å². The molecule has 0 spiro atoms. The van der Waals surface area contributed by atoms with Crippen LogP contribution in [0.1, 0.15) is 22.3 Å². The summed E-state index contributed by atoms with van der Waals surface area (Å²) < 4.78 is 6.45. The van der Waals surface area contributed by atoms with E-state index in [2.05, 4.69) is 91.0 Å². The van der Waals surface area contributed by atoms with Crippen LogP contribution in [0.2, 0.25) is 0 Å². The molecule has 0 radical (unpaired) electrons. The first-order chi connectivity index (χ1) is 25.8. The van der Waals surface area contributed by atoms with E-state index in [1.807, 2.05) is 91.0 Å². The van der Waals surface area contributed by atoms with E-state index in [-0.39, 0.29) is 0 Å². The van der Waals surface area contributed by atoms with Crippen molar-refractivity contribution >= 4 is 11.1 Å². The number of fused-ring (bicyclic) bond motifs is 4. The molecule has 5 heteroatoms. The monoisotopic (exact) mass is 666 g/mol. The number of aromatic nitrogens is 4. The highest BCUT2D eigenvalue weighted by atomic mass is 16.3. The molecular formula is C47H30N4O. The predicted molar refractivity (Wildman–Crippen MR) is 206 cm³/mol. The standard InChI is InChI=1S/C47H30N4O/c1-4-14-31(15-5-1)43-49-44(32-16-6-2-7-17-32)51-45(50-43)33-24-26-35(27-25-33)47(39-22-12-10-20-37(39)38-21-11-13-23-40(38)47)36-28-29-41-42(30-36)52-46(48-41)34-18-8-3-9-19-34/h1-30H. The van der Waals surface area contributed by atoms with Crippen molar-refractivity contribution in [3.8, 4) is 56.7 Å². The average Bonchev–Trinajstić information content (AvgIpc) is 3.79. The van der Waals surface area contributed by atoms with Crippen molar-refractivity contribution in [2.24, 2.45) is 0 Å². The summed E-state index contributed by atoms with van der Waals surface area (Å²) in [6.07, 6.45) is 0. The molecule has 7 aromatic carbocycles. The van der Waals surface area contributed by atoms with E-state index in [1.54, 1.807) is 0 Å². The highest BCUT2D eigenvalue weighted by Gasteiger charge is 2.46. The Labute approximate surface area is 301 Å². The topological polar surface area (TPSA) is 64.7 Å². The fourth-order valence-electron chi connectivity index (χ4n) is 7.69. The normalized spacial score (nSPS) is 12.8. The molecule has 0 amide bonds. The van der Waals surface area contributed by atoms with Gasteiger partial charge in [0, 0.05) is 22.3 Å². The van der Waals surface area contributed by atoms with Gasteiger partial charge in [-0.15, -0.1) is 0 Å². The zero-order valence-electron chi connectivity index (χ0n) is 28.0. The van der Waals surface area contributed by atoms with E-state index in [1.165, 1.54) is 22.3 Å². The van der Waals surface area contributed by atoms with E-state index in [9.17, 15) is 0 Å². The second-order valence-electron chi connectivity index (χ2n) is 13.0. The van der Waals surface area contributed by atoms with Gasteiger partial charge in [0.05, 0.1) is 5.41 Å². The van der Waals surface area contributed by atoms with Crippen LogP contribution >= 0.6 is 0 Å². The lowest BCUT2D eigenvalue weighted by atomic mass is 9.67. The summed E-state index contributed by atoms with van der Waals surface area (Å²) in [5, 5.41) is 0. The summed E-state index contributed by atoms with van der Waals surface area (Å²) in [6, 6.07) is 62.9. The fourth-order valence-corrected chi connectivity index (χ4v) is 7.69. The Morgan fingerprint density at radius 3 is 1.35 bits per heavy atom. The Hall–Kier alpha value is -6.98. The van der Waals surface area contributed by atoms with E-state index in [4.69, 9.17) is 24.4 Å². The van der Waals surface area contributed by atoms with Crippen molar-refractivity contribution in [1.29, 1.82) is 0 Å². The Morgan fingerprint density at radius 1 is 0.365 bits per heavy atom. The molecule has 244 valence electrons. The molecule has 0 aliphatic heterocycles. The van der Waals surface area contributed by atoms with Gasteiger partial charge in [0.15, 0.2) is 23.1 Å². The fraction of sp³-hybridized carbons (Fsp3) is 0.0213. The number of hydrogen-bond acceptors (Lipinski definition) is 5. The van der Waals surface area contributed by atoms with E-state index in [0.29, 0.717) is 23.4 Å². The first kappa shape index (κ1) is 29.9. The lowest BCUT2D eigenvalue weighted by Crippen LogP contribution is -2.28. The van der Waals surface area contributed by atoms with Crippen molar-refractivity contribution in [1.82, 2.24) is 19.9 Å². The Balaban J connectivity index is 1.16. The van der Waals surface area contributed by atoms with Gasteiger partial charge in [-0.25, -0.2) is 19.9 Å². The van der Waals surface area contributed by atoms with Crippen LogP contribution in [-0.2, 0) is 5.41 Å². The predicted octanol–water partition coefficient (Wildman–Crippen LogP) is 11.0. The van der Waals surface area contributed by atoms with Crippen LogP contribution < -0.4 is 0 Å². The number of oxazole rings is 1. The molecule has 0 saturated heterocycles. The SMILES string of the molecule is c1ccc(-c2nc(-c3ccccc3)nc(-c3ccc(C4(c5ccc6nc(-c7ccccc7)oc6c5)c5ccccc5-c5ccccc54)cc3)n2)cc1. The summed E-state index contributed by atoms with van der Waals surface area (Å²) >= 11 is 0. The van der Waals surface area contributed by atoms with Gasteiger partial charge in [0.25, 0.3) is 0 Å². The molecule has 1 aliphatic carbocycles. The van der Waals surface area contributed by atoms with Gasteiger partial charge in [0.2, 0.25) is 5.89 Å². The largest absolute Gasteiger partial charge is 0.436 e. The molecule has 2 heterocycles. The van der Waals surface area contributed by atoms with E-state index >= 15 is 0 Å². The average molecular weight is 667 g/mol. The molecule has 0 bridgehead atoms. The second-order valence-corrected chi connectivity index (χ2v) is 13.0.